The topological polar surface area (TPSA) is 12.0 Å². The van der Waals surface area contributed by atoms with Crippen LogP contribution in [0.5, 0.6) is 0 Å². The predicted molar refractivity (Wildman–Crippen MR) is 72.2 cm³/mol. The third-order valence-corrected chi connectivity index (χ3v) is 4.22. The Kier molecular flexibility index (Phi) is 3.82. The van der Waals surface area contributed by atoms with Gasteiger partial charge < -0.3 is 5.32 Å². The molecule has 0 saturated heterocycles. The van der Waals surface area contributed by atoms with E-state index in [9.17, 15) is 4.39 Å². The molecule has 0 radical (unpaired) electrons. The van der Waals surface area contributed by atoms with Crippen LogP contribution >= 0.6 is 22.9 Å². The second kappa shape index (κ2) is 5.17. The van der Waals surface area contributed by atoms with Gasteiger partial charge in [0, 0.05) is 26.4 Å². The number of benzene rings is 1. The van der Waals surface area contributed by atoms with Crippen molar-refractivity contribution >= 4 is 22.9 Å². The molecule has 1 aromatic heterocycles. The van der Waals surface area contributed by atoms with Crippen molar-refractivity contribution < 1.29 is 4.39 Å². The van der Waals surface area contributed by atoms with Crippen LogP contribution in [-0.2, 0) is 0 Å². The average molecular weight is 270 g/mol. The normalized spacial score (nSPS) is 12.7. The van der Waals surface area contributed by atoms with E-state index in [1.807, 2.05) is 19.2 Å². The van der Waals surface area contributed by atoms with Crippen LogP contribution in [0.3, 0.4) is 0 Å². The van der Waals surface area contributed by atoms with Crippen molar-refractivity contribution in [3.63, 3.8) is 0 Å². The Balaban J connectivity index is 2.40. The summed E-state index contributed by atoms with van der Waals surface area (Å²) in [5, 5.41) is 3.72. The fourth-order valence-corrected chi connectivity index (χ4v) is 2.82. The Morgan fingerprint density at radius 3 is 2.76 bits per heavy atom. The monoisotopic (exact) mass is 269 g/mol. The van der Waals surface area contributed by atoms with E-state index in [0.29, 0.717) is 10.6 Å². The number of hydrogen-bond acceptors (Lipinski definition) is 2. The summed E-state index contributed by atoms with van der Waals surface area (Å²) >= 11 is 7.47. The number of thiophene rings is 1. The van der Waals surface area contributed by atoms with Crippen LogP contribution in [0.15, 0.2) is 30.3 Å². The van der Waals surface area contributed by atoms with Gasteiger partial charge in [-0.1, -0.05) is 11.6 Å². The lowest BCUT2D eigenvalue weighted by Gasteiger charge is -2.06. The van der Waals surface area contributed by atoms with Gasteiger partial charge in [-0.3, -0.25) is 0 Å². The zero-order valence-corrected chi connectivity index (χ0v) is 11.2. The number of halogens is 2. The van der Waals surface area contributed by atoms with Crippen LogP contribution in [0.2, 0.25) is 5.02 Å². The van der Waals surface area contributed by atoms with Gasteiger partial charge in [-0.05, 0) is 44.3 Å². The van der Waals surface area contributed by atoms with Gasteiger partial charge in [0.2, 0.25) is 0 Å². The summed E-state index contributed by atoms with van der Waals surface area (Å²) < 4.78 is 13.7. The molecule has 1 atom stereocenters. The highest BCUT2D eigenvalue weighted by Gasteiger charge is 2.11. The van der Waals surface area contributed by atoms with E-state index < -0.39 is 0 Å². The van der Waals surface area contributed by atoms with Gasteiger partial charge in [0.05, 0.1) is 0 Å². The third kappa shape index (κ3) is 2.68. The van der Waals surface area contributed by atoms with Crippen molar-refractivity contribution in [1.29, 1.82) is 0 Å². The summed E-state index contributed by atoms with van der Waals surface area (Å²) in [4.78, 5) is 2.09. The minimum atomic E-state index is -0.236. The van der Waals surface area contributed by atoms with Gasteiger partial charge in [-0.25, -0.2) is 4.39 Å². The van der Waals surface area contributed by atoms with E-state index in [1.165, 1.54) is 10.9 Å². The molecule has 0 spiro atoms. The van der Waals surface area contributed by atoms with Crippen LogP contribution in [0, 0.1) is 5.82 Å². The first kappa shape index (κ1) is 12.6. The standard InChI is InChI=1S/C13H13ClFNS/c1-8(16-2)12-5-6-13(17-12)10-7-9(14)3-4-11(10)15/h3-8,16H,1-2H3. The van der Waals surface area contributed by atoms with Crippen molar-refractivity contribution in [1.82, 2.24) is 5.32 Å². The van der Waals surface area contributed by atoms with Crippen molar-refractivity contribution in [2.24, 2.45) is 0 Å². The molecule has 2 rings (SSSR count). The maximum absolute atomic E-state index is 13.7. The Bertz CT molecular complexity index is 524. The van der Waals surface area contributed by atoms with E-state index in [1.54, 1.807) is 23.5 Å². The van der Waals surface area contributed by atoms with E-state index in [-0.39, 0.29) is 11.9 Å². The van der Waals surface area contributed by atoms with E-state index in [0.717, 1.165) is 4.88 Å². The summed E-state index contributed by atoms with van der Waals surface area (Å²) in [7, 11) is 1.91. The van der Waals surface area contributed by atoms with E-state index in [4.69, 9.17) is 11.6 Å². The van der Waals surface area contributed by atoms with Crippen LogP contribution in [0.1, 0.15) is 17.8 Å². The molecule has 1 unspecified atom stereocenters. The molecule has 0 aliphatic heterocycles. The van der Waals surface area contributed by atoms with Gasteiger partial charge in [0.1, 0.15) is 5.82 Å². The molecule has 0 fully saturated rings. The molecule has 0 aliphatic carbocycles. The van der Waals surface area contributed by atoms with Crippen molar-refractivity contribution in [2.75, 3.05) is 7.05 Å². The molecular weight excluding hydrogens is 257 g/mol. The first-order valence-corrected chi connectivity index (χ1v) is 6.53. The summed E-state index contributed by atoms with van der Waals surface area (Å²) in [5.41, 5.74) is 0.567. The largest absolute Gasteiger partial charge is 0.313 e. The van der Waals surface area contributed by atoms with Crippen molar-refractivity contribution in [3.8, 4) is 10.4 Å². The van der Waals surface area contributed by atoms with Gasteiger partial charge in [0.15, 0.2) is 0 Å². The van der Waals surface area contributed by atoms with Crippen LogP contribution in [0.25, 0.3) is 10.4 Å². The molecule has 0 aliphatic rings. The van der Waals surface area contributed by atoms with Gasteiger partial charge in [-0.2, -0.15) is 0 Å². The number of nitrogens with one attached hydrogen (secondary N) is 1. The molecule has 0 bridgehead atoms. The summed E-state index contributed by atoms with van der Waals surface area (Å²) in [6.07, 6.45) is 0. The van der Waals surface area contributed by atoms with Crippen molar-refractivity contribution in [3.05, 3.63) is 46.0 Å². The molecule has 1 N–H and O–H groups in total. The zero-order chi connectivity index (χ0) is 12.4. The van der Waals surface area contributed by atoms with E-state index in [2.05, 4.69) is 12.2 Å². The smallest absolute Gasteiger partial charge is 0.131 e. The lowest BCUT2D eigenvalue weighted by molar-refractivity contribution is 0.632. The Morgan fingerprint density at radius 2 is 2.06 bits per heavy atom. The molecule has 17 heavy (non-hydrogen) atoms. The van der Waals surface area contributed by atoms with Gasteiger partial charge in [-0.15, -0.1) is 11.3 Å². The summed E-state index contributed by atoms with van der Waals surface area (Å²) in [6.45, 7) is 2.07. The first-order valence-electron chi connectivity index (χ1n) is 5.34. The Labute approximate surface area is 109 Å². The Morgan fingerprint density at radius 1 is 1.29 bits per heavy atom. The maximum atomic E-state index is 13.7. The first-order chi connectivity index (χ1) is 8.11. The minimum Gasteiger partial charge on any atom is -0.313 e. The maximum Gasteiger partial charge on any atom is 0.131 e. The van der Waals surface area contributed by atoms with E-state index >= 15 is 0 Å². The second-order valence-corrected chi connectivity index (χ2v) is 5.39. The minimum absolute atomic E-state index is 0.236. The fraction of sp³-hybridized carbons (Fsp3) is 0.231. The van der Waals surface area contributed by atoms with Crippen LogP contribution in [-0.4, -0.2) is 7.05 Å². The molecule has 1 heterocycles. The quantitative estimate of drug-likeness (QED) is 0.866. The summed E-state index contributed by atoms with van der Waals surface area (Å²) in [5.74, 6) is -0.236. The molecule has 1 aromatic carbocycles. The highest BCUT2D eigenvalue weighted by atomic mass is 35.5. The molecule has 90 valence electrons. The van der Waals surface area contributed by atoms with Gasteiger partial charge in [0.25, 0.3) is 0 Å². The lowest BCUT2D eigenvalue weighted by atomic mass is 10.2. The zero-order valence-electron chi connectivity index (χ0n) is 9.63. The fourth-order valence-electron chi connectivity index (χ4n) is 1.56. The molecule has 1 nitrogen and oxygen atoms in total. The summed E-state index contributed by atoms with van der Waals surface area (Å²) in [6, 6.07) is 8.85. The highest BCUT2D eigenvalue weighted by Crippen LogP contribution is 2.34. The molecule has 0 amide bonds. The third-order valence-electron chi connectivity index (χ3n) is 2.68. The Hall–Kier alpha value is -0.900. The number of hydrogen-bond donors (Lipinski definition) is 1. The number of rotatable bonds is 3. The SMILES string of the molecule is CNC(C)c1ccc(-c2cc(Cl)ccc2F)s1. The molecule has 4 heteroatoms. The van der Waals surface area contributed by atoms with Crippen LogP contribution < -0.4 is 5.32 Å². The van der Waals surface area contributed by atoms with Crippen LogP contribution in [0.4, 0.5) is 4.39 Å². The van der Waals surface area contributed by atoms with Crippen molar-refractivity contribution in [2.45, 2.75) is 13.0 Å². The predicted octanol–water partition coefficient (Wildman–Crippen LogP) is 4.49. The molecule has 2 aromatic rings. The average Bonchev–Trinajstić information content (AvgIpc) is 2.80. The highest BCUT2D eigenvalue weighted by molar-refractivity contribution is 7.15. The van der Waals surface area contributed by atoms with Gasteiger partial charge >= 0.3 is 0 Å². The molecular formula is C13H13ClFNS. The lowest BCUT2D eigenvalue weighted by Crippen LogP contribution is -2.10. The molecule has 0 saturated carbocycles. The second-order valence-electron chi connectivity index (χ2n) is 3.84.